The number of methoxy groups -OCH3 is 1. The number of aryl methyl sites for hydroxylation is 1. The molecule has 0 fully saturated rings. The molecular formula is C17H22N4O3S. The van der Waals surface area contributed by atoms with E-state index in [1.54, 1.807) is 11.6 Å². The summed E-state index contributed by atoms with van der Waals surface area (Å²) in [4.78, 5) is 11.0. The van der Waals surface area contributed by atoms with Gasteiger partial charge in [-0.25, -0.2) is 0 Å². The predicted octanol–water partition coefficient (Wildman–Crippen LogP) is 3.58. The molecule has 2 rings (SSSR count). The van der Waals surface area contributed by atoms with Crippen molar-refractivity contribution in [2.24, 2.45) is 17.3 Å². The summed E-state index contributed by atoms with van der Waals surface area (Å²) < 4.78 is 6.24. The van der Waals surface area contributed by atoms with Gasteiger partial charge in [-0.15, -0.1) is 10.2 Å². The van der Waals surface area contributed by atoms with Crippen molar-refractivity contribution in [2.75, 3.05) is 13.7 Å². The van der Waals surface area contributed by atoms with Gasteiger partial charge in [-0.05, 0) is 31.1 Å². The topological polar surface area (TPSA) is 88.2 Å². The molecule has 0 unspecified atom stereocenters. The number of aromatic nitrogens is 1. The summed E-state index contributed by atoms with van der Waals surface area (Å²) in [7, 11) is 3.16. The number of hydrogen-bond acceptors (Lipinski definition) is 5. The fourth-order valence-corrected chi connectivity index (χ4v) is 2.60. The molecular weight excluding hydrogens is 340 g/mol. The Balaban J connectivity index is 1.83. The molecule has 0 saturated heterocycles. The molecule has 7 nitrogen and oxygen atoms in total. The normalized spacial score (nSPS) is 11.1. The highest BCUT2D eigenvalue weighted by Crippen LogP contribution is 2.37. The van der Waals surface area contributed by atoms with Gasteiger partial charge in [0.15, 0.2) is 5.69 Å². The lowest BCUT2D eigenvalue weighted by Gasteiger charge is -2.03. The number of para-hydroxylation sites is 1. The summed E-state index contributed by atoms with van der Waals surface area (Å²) >= 11 is 5.13. The number of benzene rings is 1. The number of hydrogen-bond donors (Lipinski definition) is 2. The Morgan fingerprint density at radius 3 is 2.84 bits per heavy atom. The first-order valence-electron chi connectivity index (χ1n) is 8.07. The number of nitrogens with one attached hydrogen (secondary N) is 1. The zero-order valence-corrected chi connectivity index (χ0v) is 15.2. The van der Waals surface area contributed by atoms with Crippen molar-refractivity contribution in [3.63, 3.8) is 0 Å². The first-order chi connectivity index (χ1) is 12.0. The first-order valence-corrected chi connectivity index (χ1v) is 8.48. The molecule has 0 spiro atoms. The van der Waals surface area contributed by atoms with Gasteiger partial charge in [0.2, 0.25) is 11.0 Å². The van der Waals surface area contributed by atoms with Crippen LogP contribution in [0.25, 0.3) is 10.9 Å². The van der Waals surface area contributed by atoms with Crippen molar-refractivity contribution in [3.8, 4) is 5.88 Å². The Bertz CT molecular complexity index is 786. The minimum absolute atomic E-state index is 0.0514. The van der Waals surface area contributed by atoms with E-state index in [0.717, 1.165) is 30.2 Å². The molecule has 0 atom stereocenters. The van der Waals surface area contributed by atoms with Gasteiger partial charge in [-0.2, -0.15) is 0 Å². The summed E-state index contributed by atoms with van der Waals surface area (Å²) in [5, 5.41) is 22.3. The van der Waals surface area contributed by atoms with E-state index in [1.165, 1.54) is 7.11 Å². The van der Waals surface area contributed by atoms with Crippen LogP contribution in [-0.4, -0.2) is 34.4 Å². The number of aromatic hydroxyl groups is 1. The second kappa shape index (κ2) is 9.12. The summed E-state index contributed by atoms with van der Waals surface area (Å²) in [5.41, 5.74) is 1.28. The molecule has 0 bridgehead atoms. The predicted molar refractivity (Wildman–Crippen MR) is 100 cm³/mol. The van der Waals surface area contributed by atoms with Crippen molar-refractivity contribution in [2.45, 2.75) is 25.7 Å². The molecule has 2 aromatic rings. The largest absolute Gasteiger partial charge is 0.493 e. The number of fused-ring (bicyclic) bond motifs is 1. The highest BCUT2D eigenvalue weighted by Gasteiger charge is 2.13. The summed E-state index contributed by atoms with van der Waals surface area (Å²) in [5.74, 6) is -0.136. The Morgan fingerprint density at radius 1 is 1.32 bits per heavy atom. The molecule has 8 heteroatoms. The van der Waals surface area contributed by atoms with E-state index < -0.39 is 0 Å². The highest BCUT2D eigenvalue weighted by atomic mass is 32.1. The number of esters is 1. The smallest absolute Gasteiger partial charge is 0.305 e. The molecule has 2 N–H and O–H groups in total. The third-order valence-electron chi connectivity index (χ3n) is 3.85. The van der Waals surface area contributed by atoms with E-state index in [0.29, 0.717) is 18.7 Å². The minimum Gasteiger partial charge on any atom is -0.493 e. The van der Waals surface area contributed by atoms with Crippen LogP contribution in [0.5, 0.6) is 5.88 Å². The number of thiocarbonyl (C=S) groups is 1. The maximum absolute atomic E-state index is 11.0. The van der Waals surface area contributed by atoms with Crippen LogP contribution in [0.15, 0.2) is 34.5 Å². The zero-order valence-electron chi connectivity index (χ0n) is 14.4. The van der Waals surface area contributed by atoms with Crippen molar-refractivity contribution in [3.05, 3.63) is 24.3 Å². The van der Waals surface area contributed by atoms with E-state index in [4.69, 9.17) is 12.2 Å². The number of azo groups is 1. The van der Waals surface area contributed by atoms with Crippen molar-refractivity contribution < 1.29 is 14.6 Å². The van der Waals surface area contributed by atoms with Crippen LogP contribution in [0.1, 0.15) is 25.7 Å². The van der Waals surface area contributed by atoms with Crippen LogP contribution in [0.4, 0.5) is 5.69 Å². The van der Waals surface area contributed by atoms with Gasteiger partial charge in [0.05, 0.1) is 12.6 Å². The molecule has 1 aromatic carbocycles. The quantitative estimate of drug-likeness (QED) is 0.340. The Labute approximate surface area is 151 Å². The molecule has 134 valence electrons. The van der Waals surface area contributed by atoms with Gasteiger partial charge in [-0.1, -0.05) is 24.6 Å². The standard InChI is InChI=1S/C17H22N4O3S/c1-21-13-9-6-5-8-12(13)15(16(21)23)19-20-17(25)18-11-7-3-4-10-14(22)24-2/h5-6,8-9,23H,3-4,7,10-11H2,1-2H3,(H,18,25). The summed E-state index contributed by atoms with van der Waals surface area (Å²) in [6, 6.07) is 7.56. The van der Waals surface area contributed by atoms with Crippen LogP contribution < -0.4 is 5.32 Å². The zero-order chi connectivity index (χ0) is 18.2. The number of ether oxygens (including phenoxy) is 1. The fraction of sp³-hybridized carbons (Fsp3) is 0.412. The van der Waals surface area contributed by atoms with E-state index in [2.05, 4.69) is 20.3 Å². The Hall–Kier alpha value is -2.48. The lowest BCUT2D eigenvalue weighted by atomic mass is 10.2. The lowest BCUT2D eigenvalue weighted by Crippen LogP contribution is -2.20. The third kappa shape index (κ3) is 4.99. The van der Waals surface area contributed by atoms with Gasteiger partial charge >= 0.3 is 5.97 Å². The second-order valence-electron chi connectivity index (χ2n) is 5.57. The first kappa shape index (κ1) is 18.9. The molecule has 0 radical (unpaired) electrons. The molecule has 0 aliphatic heterocycles. The van der Waals surface area contributed by atoms with Gasteiger partial charge in [0.25, 0.3) is 0 Å². The van der Waals surface area contributed by atoms with Gasteiger partial charge in [0.1, 0.15) is 0 Å². The van der Waals surface area contributed by atoms with E-state index in [-0.39, 0.29) is 17.0 Å². The molecule has 0 amide bonds. The summed E-state index contributed by atoms with van der Waals surface area (Å²) in [6.07, 6.45) is 2.98. The van der Waals surface area contributed by atoms with Crippen molar-refractivity contribution >= 4 is 39.9 Å². The monoisotopic (exact) mass is 362 g/mol. The van der Waals surface area contributed by atoms with Crippen molar-refractivity contribution in [1.82, 2.24) is 9.88 Å². The minimum atomic E-state index is -0.188. The summed E-state index contributed by atoms with van der Waals surface area (Å²) in [6.45, 7) is 0.653. The number of unbranched alkanes of at least 4 members (excludes halogenated alkanes) is 2. The maximum Gasteiger partial charge on any atom is 0.305 e. The van der Waals surface area contributed by atoms with Gasteiger partial charge < -0.3 is 19.7 Å². The third-order valence-corrected chi connectivity index (χ3v) is 4.08. The average Bonchev–Trinajstić information content (AvgIpc) is 2.87. The van der Waals surface area contributed by atoms with Crippen LogP contribution in [0, 0.1) is 0 Å². The number of carbonyl (C=O) groups excluding carboxylic acids is 1. The molecule has 0 saturated carbocycles. The van der Waals surface area contributed by atoms with Crippen LogP contribution in [0.2, 0.25) is 0 Å². The van der Waals surface area contributed by atoms with Crippen LogP contribution in [-0.2, 0) is 16.6 Å². The van der Waals surface area contributed by atoms with Gasteiger partial charge in [0, 0.05) is 25.4 Å². The Kier molecular flexibility index (Phi) is 6.88. The fourth-order valence-electron chi connectivity index (χ4n) is 2.46. The van der Waals surface area contributed by atoms with Crippen LogP contribution in [0.3, 0.4) is 0 Å². The second-order valence-corrected chi connectivity index (χ2v) is 5.95. The molecule has 1 aromatic heterocycles. The SMILES string of the molecule is COC(=O)CCCCCNC(=S)N=Nc1c(O)n(C)c2ccccc12. The lowest BCUT2D eigenvalue weighted by molar-refractivity contribution is -0.140. The van der Waals surface area contributed by atoms with Gasteiger partial charge in [-0.3, -0.25) is 4.79 Å². The molecule has 1 heterocycles. The number of rotatable bonds is 7. The molecule has 0 aliphatic rings. The maximum atomic E-state index is 11.0. The Morgan fingerprint density at radius 2 is 2.08 bits per heavy atom. The van der Waals surface area contributed by atoms with E-state index >= 15 is 0 Å². The number of carbonyl (C=O) groups is 1. The molecule has 0 aliphatic carbocycles. The number of nitrogens with zero attached hydrogens (tertiary/aromatic N) is 3. The average molecular weight is 362 g/mol. The molecule has 25 heavy (non-hydrogen) atoms. The van der Waals surface area contributed by atoms with E-state index in [9.17, 15) is 9.90 Å². The van der Waals surface area contributed by atoms with Crippen LogP contribution >= 0.6 is 12.2 Å². The van der Waals surface area contributed by atoms with Crippen molar-refractivity contribution in [1.29, 1.82) is 0 Å². The highest BCUT2D eigenvalue weighted by molar-refractivity contribution is 7.80. The van der Waals surface area contributed by atoms with E-state index in [1.807, 2.05) is 24.3 Å².